The number of likely N-dealkylation sites (tertiary alicyclic amines) is 1. The molecule has 0 unspecified atom stereocenters. The van der Waals surface area contributed by atoms with Crippen LogP contribution in [0, 0.1) is 6.92 Å². The highest BCUT2D eigenvalue weighted by atomic mass is 16.5. The molecule has 4 rings (SSSR count). The monoisotopic (exact) mass is 435 g/mol. The lowest BCUT2D eigenvalue weighted by atomic mass is 9.87. The second-order valence-electron chi connectivity index (χ2n) is 8.62. The quantitative estimate of drug-likeness (QED) is 0.708. The second kappa shape index (κ2) is 9.02. The Hall–Kier alpha value is -3.35. The molecule has 2 heterocycles. The van der Waals surface area contributed by atoms with E-state index in [4.69, 9.17) is 4.74 Å². The van der Waals surface area contributed by atoms with E-state index < -0.39 is 5.54 Å². The van der Waals surface area contributed by atoms with Crippen molar-refractivity contribution in [1.29, 1.82) is 0 Å². The van der Waals surface area contributed by atoms with E-state index in [0.29, 0.717) is 38.8 Å². The Bertz CT molecular complexity index is 1010. The van der Waals surface area contributed by atoms with Crippen molar-refractivity contribution in [2.75, 3.05) is 20.2 Å². The van der Waals surface area contributed by atoms with E-state index in [1.165, 1.54) is 4.90 Å². The normalized spacial score (nSPS) is 17.6. The van der Waals surface area contributed by atoms with Gasteiger partial charge in [-0.25, -0.2) is 4.79 Å². The fourth-order valence-electron chi connectivity index (χ4n) is 4.41. The second-order valence-corrected chi connectivity index (χ2v) is 8.62. The van der Waals surface area contributed by atoms with E-state index in [2.05, 4.69) is 5.32 Å². The van der Waals surface area contributed by atoms with Gasteiger partial charge >= 0.3 is 6.03 Å². The van der Waals surface area contributed by atoms with Crippen LogP contribution in [0.25, 0.3) is 0 Å². The molecular formula is C25H29N3O4. The van der Waals surface area contributed by atoms with Crippen molar-refractivity contribution in [3.05, 3.63) is 65.2 Å². The molecule has 4 amide bonds. The van der Waals surface area contributed by atoms with Gasteiger partial charge < -0.3 is 15.0 Å². The van der Waals surface area contributed by atoms with E-state index in [-0.39, 0.29) is 24.4 Å². The summed E-state index contributed by atoms with van der Waals surface area (Å²) in [6.07, 6.45) is 1.91. The lowest BCUT2D eigenvalue weighted by molar-refractivity contribution is -0.138. The number of amides is 4. The third-order valence-electron chi connectivity index (χ3n) is 6.44. The van der Waals surface area contributed by atoms with Crippen molar-refractivity contribution in [3.63, 3.8) is 0 Å². The van der Waals surface area contributed by atoms with Gasteiger partial charge in [-0.3, -0.25) is 14.5 Å². The van der Waals surface area contributed by atoms with Gasteiger partial charge in [0.25, 0.3) is 5.91 Å². The number of nitrogens with zero attached hydrogens (tertiary/aromatic N) is 2. The van der Waals surface area contributed by atoms with Crippen LogP contribution in [0.3, 0.4) is 0 Å². The van der Waals surface area contributed by atoms with Gasteiger partial charge in [0.2, 0.25) is 5.91 Å². The van der Waals surface area contributed by atoms with E-state index in [1.807, 2.05) is 55.5 Å². The molecule has 1 spiro atoms. The van der Waals surface area contributed by atoms with Crippen molar-refractivity contribution in [2.45, 2.75) is 44.7 Å². The molecule has 0 aromatic heterocycles. The van der Waals surface area contributed by atoms with Crippen LogP contribution in [0.2, 0.25) is 0 Å². The van der Waals surface area contributed by atoms with Gasteiger partial charge in [0.15, 0.2) is 0 Å². The minimum absolute atomic E-state index is 0.0657. The summed E-state index contributed by atoms with van der Waals surface area (Å²) in [7, 11) is 1.62. The van der Waals surface area contributed by atoms with Gasteiger partial charge in [0, 0.05) is 19.5 Å². The molecule has 2 aliphatic rings. The Kier molecular flexibility index (Phi) is 6.17. The summed E-state index contributed by atoms with van der Waals surface area (Å²) in [5.41, 5.74) is 2.20. The molecule has 0 saturated carbocycles. The third kappa shape index (κ3) is 4.47. The van der Waals surface area contributed by atoms with E-state index in [9.17, 15) is 14.4 Å². The Morgan fingerprint density at radius 1 is 1.06 bits per heavy atom. The number of nitrogens with one attached hydrogen (secondary N) is 1. The molecule has 0 aliphatic carbocycles. The lowest BCUT2D eigenvalue weighted by Crippen LogP contribution is -2.55. The van der Waals surface area contributed by atoms with E-state index in [0.717, 1.165) is 22.4 Å². The summed E-state index contributed by atoms with van der Waals surface area (Å²) in [6.45, 7) is 3.18. The molecule has 7 nitrogen and oxygen atoms in total. The SMILES string of the molecule is COc1cccc(CCC(=O)N2CCC3(CC2)NC(=O)N(Cc2ccc(C)cc2)C3=O)c1. The average Bonchev–Trinajstić information content (AvgIpc) is 3.03. The van der Waals surface area contributed by atoms with Crippen molar-refractivity contribution >= 4 is 17.8 Å². The Balaban J connectivity index is 1.32. The fourth-order valence-corrected chi connectivity index (χ4v) is 4.41. The highest BCUT2D eigenvalue weighted by molar-refractivity contribution is 6.07. The first-order valence-corrected chi connectivity index (χ1v) is 11.0. The highest BCUT2D eigenvalue weighted by Gasteiger charge is 2.52. The molecule has 2 aromatic carbocycles. The number of methoxy groups -OCH3 is 1. The number of urea groups is 1. The standard InChI is InChI=1S/C25H29N3O4/c1-18-6-8-20(9-7-18)17-28-23(30)25(26-24(28)31)12-14-27(15-13-25)22(29)11-10-19-4-3-5-21(16-19)32-2/h3-9,16H,10-15,17H2,1-2H3,(H,26,31). The lowest BCUT2D eigenvalue weighted by Gasteiger charge is -2.37. The Labute approximate surface area is 188 Å². The number of carbonyl (C=O) groups excluding carboxylic acids is 3. The first kappa shape index (κ1) is 21.9. The first-order chi connectivity index (χ1) is 15.4. The number of carbonyl (C=O) groups is 3. The summed E-state index contributed by atoms with van der Waals surface area (Å²) < 4.78 is 5.24. The molecule has 7 heteroatoms. The van der Waals surface area contributed by atoms with E-state index >= 15 is 0 Å². The van der Waals surface area contributed by atoms with Crippen molar-refractivity contribution < 1.29 is 19.1 Å². The molecule has 0 radical (unpaired) electrons. The first-order valence-electron chi connectivity index (χ1n) is 11.0. The summed E-state index contributed by atoms with van der Waals surface area (Å²) >= 11 is 0. The van der Waals surface area contributed by atoms with Crippen LogP contribution in [0.15, 0.2) is 48.5 Å². The zero-order valence-electron chi connectivity index (χ0n) is 18.6. The van der Waals surface area contributed by atoms with Crippen LogP contribution in [0.4, 0.5) is 4.79 Å². The number of benzene rings is 2. The van der Waals surface area contributed by atoms with Gasteiger partial charge in [-0.15, -0.1) is 0 Å². The molecule has 1 N–H and O–H groups in total. The summed E-state index contributed by atoms with van der Waals surface area (Å²) in [4.78, 5) is 41.5. The smallest absolute Gasteiger partial charge is 0.325 e. The molecule has 0 atom stereocenters. The number of ether oxygens (including phenoxy) is 1. The summed E-state index contributed by atoms with van der Waals surface area (Å²) in [6, 6.07) is 15.2. The minimum Gasteiger partial charge on any atom is -0.497 e. The highest BCUT2D eigenvalue weighted by Crippen LogP contribution is 2.31. The number of hydrogen-bond acceptors (Lipinski definition) is 4. The van der Waals surface area contributed by atoms with E-state index in [1.54, 1.807) is 12.0 Å². The predicted octanol–water partition coefficient (Wildman–Crippen LogP) is 3.05. The van der Waals surface area contributed by atoms with Crippen LogP contribution < -0.4 is 10.1 Å². The topological polar surface area (TPSA) is 79.0 Å². The van der Waals surface area contributed by atoms with Gasteiger partial charge in [-0.1, -0.05) is 42.0 Å². The Morgan fingerprint density at radius 2 is 1.78 bits per heavy atom. The number of rotatable bonds is 6. The maximum absolute atomic E-state index is 13.1. The van der Waals surface area contributed by atoms with Crippen molar-refractivity contribution in [1.82, 2.24) is 15.1 Å². The summed E-state index contributed by atoms with van der Waals surface area (Å²) in [5.74, 6) is 0.656. The van der Waals surface area contributed by atoms with Gasteiger partial charge in [0.05, 0.1) is 13.7 Å². The zero-order valence-corrected chi connectivity index (χ0v) is 18.6. The molecule has 2 saturated heterocycles. The molecule has 32 heavy (non-hydrogen) atoms. The molecule has 2 fully saturated rings. The van der Waals surface area contributed by atoms with Crippen LogP contribution in [-0.2, 0) is 22.6 Å². The number of aryl methyl sites for hydroxylation is 2. The van der Waals surface area contributed by atoms with Crippen molar-refractivity contribution in [3.8, 4) is 5.75 Å². The van der Waals surface area contributed by atoms with Gasteiger partial charge in [-0.2, -0.15) is 0 Å². The minimum atomic E-state index is -0.897. The number of hydrogen-bond donors (Lipinski definition) is 1. The molecule has 168 valence electrons. The van der Waals surface area contributed by atoms with Gasteiger partial charge in [-0.05, 0) is 49.4 Å². The maximum atomic E-state index is 13.1. The zero-order chi connectivity index (χ0) is 22.7. The van der Waals surface area contributed by atoms with Crippen LogP contribution in [-0.4, -0.2) is 53.4 Å². The number of imide groups is 1. The molecular weight excluding hydrogens is 406 g/mol. The molecule has 2 aromatic rings. The largest absolute Gasteiger partial charge is 0.497 e. The molecule has 0 bridgehead atoms. The fraction of sp³-hybridized carbons (Fsp3) is 0.400. The third-order valence-corrected chi connectivity index (χ3v) is 6.44. The van der Waals surface area contributed by atoms with Crippen LogP contribution in [0.5, 0.6) is 5.75 Å². The maximum Gasteiger partial charge on any atom is 0.325 e. The van der Waals surface area contributed by atoms with Crippen LogP contribution >= 0.6 is 0 Å². The number of piperidine rings is 1. The predicted molar refractivity (Wildman–Crippen MR) is 120 cm³/mol. The summed E-state index contributed by atoms with van der Waals surface area (Å²) in [5, 5.41) is 2.92. The molecule has 2 aliphatic heterocycles. The van der Waals surface area contributed by atoms with Crippen LogP contribution in [0.1, 0.15) is 36.0 Å². The Morgan fingerprint density at radius 3 is 2.47 bits per heavy atom. The average molecular weight is 436 g/mol. The van der Waals surface area contributed by atoms with Gasteiger partial charge in [0.1, 0.15) is 11.3 Å². The van der Waals surface area contributed by atoms with Crippen molar-refractivity contribution in [2.24, 2.45) is 0 Å².